The normalized spacial score (nSPS) is 12.8. The summed E-state index contributed by atoms with van der Waals surface area (Å²) in [6.07, 6.45) is -4.67. The highest BCUT2D eigenvalue weighted by Crippen LogP contribution is 2.36. The standard InChI is InChI=1S/C23H21F3N4O3S/c1-33-15-8-6-14(7-9-15)10-27-20(31)11-30-21(17-12-34-13-19(17)29-30)28-22(32)16-4-2-3-5-18(16)23(24,25)26/h2-9H,10-13H2,1H3,(H,27,31)(H,28,32). The average Bonchev–Trinajstić information content (AvgIpc) is 3.40. The molecule has 1 aromatic heterocycles. The van der Waals surface area contributed by atoms with E-state index in [0.29, 0.717) is 28.5 Å². The van der Waals surface area contributed by atoms with Gasteiger partial charge in [0.2, 0.25) is 5.91 Å². The van der Waals surface area contributed by atoms with Gasteiger partial charge in [0.05, 0.1) is 23.9 Å². The molecule has 3 aromatic rings. The molecule has 4 rings (SSSR count). The third-order valence-corrected chi connectivity index (χ3v) is 6.24. The molecule has 34 heavy (non-hydrogen) atoms. The third kappa shape index (κ3) is 5.19. The molecule has 1 aliphatic heterocycles. The van der Waals surface area contributed by atoms with Crippen LogP contribution in [0.5, 0.6) is 5.75 Å². The first-order valence-electron chi connectivity index (χ1n) is 10.3. The molecule has 0 radical (unpaired) electrons. The molecule has 11 heteroatoms. The number of hydrogen-bond acceptors (Lipinski definition) is 5. The van der Waals surface area contributed by atoms with Gasteiger partial charge in [-0.05, 0) is 29.8 Å². The molecule has 0 saturated carbocycles. The van der Waals surface area contributed by atoms with Gasteiger partial charge in [0.15, 0.2) is 0 Å². The molecule has 0 atom stereocenters. The van der Waals surface area contributed by atoms with E-state index in [9.17, 15) is 22.8 Å². The molecular formula is C23H21F3N4O3S. The van der Waals surface area contributed by atoms with Gasteiger partial charge in [0, 0.05) is 23.6 Å². The van der Waals surface area contributed by atoms with Crippen molar-refractivity contribution in [2.75, 3.05) is 12.4 Å². The van der Waals surface area contributed by atoms with Crippen molar-refractivity contribution >= 4 is 29.4 Å². The predicted octanol–water partition coefficient (Wildman–Crippen LogP) is 4.23. The fraction of sp³-hybridized carbons (Fsp3) is 0.261. The Hall–Kier alpha value is -3.47. The summed E-state index contributed by atoms with van der Waals surface area (Å²) in [4.78, 5) is 25.4. The number of amides is 2. The Bertz CT molecular complexity index is 1210. The van der Waals surface area contributed by atoms with Crippen LogP contribution in [0.2, 0.25) is 0 Å². The van der Waals surface area contributed by atoms with Crippen molar-refractivity contribution in [1.82, 2.24) is 15.1 Å². The summed E-state index contributed by atoms with van der Waals surface area (Å²) in [5.41, 5.74) is 0.761. The summed E-state index contributed by atoms with van der Waals surface area (Å²) >= 11 is 1.57. The van der Waals surface area contributed by atoms with Crippen LogP contribution >= 0.6 is 11.8 Å². The number of alkyl halides is 3. The number of nitrogens with one attached hydrogen (secondary N) is 2. The van der Waals surface area contributed by atoms with Crippen LogP contribution in [0, 0.1) is 0 Å². The van der Waals surface area contributed by atoms with E-state index in [1.165, 1.54) is 16.8 Å². The molecule has 2 heterocycles. The summed E-state index contributed by atoms with van der Waals surface area (Å²) in [7, 11) is 1.56. The van der Waals surface area contributed by atoms with Gasteiger partial charge < -0.3 is 15.4 Å². The molecule has 2 amide bonds. The molecule has 0 bridgehead atoms. The van der Waals surface area contributed by atoms with Crippen LogP contribution in [-0.2, 0) is 35.6 Å². The maximum Gasteiger partial charge on any atom is 0.417 e. The predicted molar refractivity (Wildman–Crippen MR) is 121 cm³/mol. The fourth-order valence-electron chi connectivity index (χ4n) is 3.56. The minimum absolute atomic E-state index is 0.190. The summed E-state index contributed by atoms with van der Waals surface area (Å²) in [6, 6.07) is 11.8. The molecule has 178 valence electrons. The number of ether oxygens (including phenoxy) is 1. The topological polar surface area (TPSA) is 85.2 Å². The SMILES string of the molecule is COc1ccc(CNC(=O)Cn2nc3c(c2NC(=O)c2ccccc2C(F)(F)F)CSC3)cc1. The highest BCUT2D eigenvalue weighted by atomic mass is 32.2. The van der Waals surface area contributed by atoms with Crippen LogP contribution in [0.15, 0.2) is 48.5 Å². The van der Waals surface area contributed by atoms with Gasteiger partial charge in [-0.3, -0.25) is 9.59 Å². The molecule has 0 fully saturated rings. The number of halogens is 3. The number of thioether (sulfide) groups is 1. The van der Waals surface area contributed by atoms with Crippen molar-refractivity contribution in [3.63, 3.8) is 0 Å². The number of aromatic nitrogens is 2. The second-order valence-corrected chi connectivity index (χ2v) is 8.53. The van der Waals surface area contributed by atoms with Crippen molar-refractivity contribution < 1.29 is 27.5 Å². The average molecular weight is 491 g/mol. The van der Waals surface area contributed by atoms with Gasteiger partial charge in [-0.15, -0.1) is 0 Å². The zero-order chi connectivity index (χ0) is 24.3. The Balaban J connectivity index is 1.50. The number of rotatable bonds is 7. The molecule has 1 aliphatic rings. The minimum atomic E-state index is -4.67. The van der Waals surface area contributed by atoms with Gasteiger partial charge in [-0.25, -0.2) is 4.68 Å². The second kappa shape index (κ2) is 9.80. The Kier molecular flexibility index (Phi) is 6.82. The van der Waals surface area contributed by atoms with Crippen LogP contribution in [0.3, 0.4) is 0 Å². The van der Waals surface area contributed by atoms with Crippen LogP contribution in [0.4, 0.5) is 19.0 Å². The van der Waals surface area contributed by atoms with Crippen molar-refractivity contribution in [2.45, 2.75) is 30.8 Å². The minimum Gasteiger partial charge on any atom is -0.497 e. The smallest absolute Gasteiger partial charge is 0.417 e. The van der Waals surface area contributed by atoms with Crippen molar-refractivity contribution in [3.05, 3.63) is 76.5 Å². The Labute approximate surface area is 197 Å². The second-order valence-electron chi connectivity index (χ2n) is 7.55. The zero-order valence-corrected chi connectivity index (χ0v) is 18.9. The number of anilines is 1. The molecule has 0 saturated heterocycles. The molecule has 0 aliphatic carbocycles. The van der Waals surface area contributed by atoms with E-state index < -0.39 is 23.2 Å². The first-order chi connectivity index (χ1) is 16.3. The summed E-state index contributed by atoms with van der Waals surface area (Å²) in [6.45, 7) is 0.0880. The quantitative estimate of drug-likeness (QED) is 0.518. The number of hydrogen-bond donors (Lipinski definition) is 2. The Morgan fingerprint density at radius 1 is 1.12 bits per heavy atom. The summed E-state index contributed by atoms with van der Waals surface area (Å²) in [5.74, 6) is 0.813. The highest BCUT2D eigenvalue weighted by Gasteiger charge is 2.35. The summed E-state index contributed by atoms with van der Waals surface area (Å²) < 4.78 is 46.5. The van der Waals surface area contributed by atoms with E-state index in [4.69, 9.17) is 4.74 Å². The lowest BCUT2D eigenvalue weighted by molar-refractivity contribution is -0.137. The van der Waals surface area contributed by atoms with Gasteiger partial charge in [0.25, 0.3) is 5.91 Å². The lowest BCUT2D eigenvalue weighted by Crippen LogP contribution is -2.29. The van der Waals surface area contributed by atoms with Crippen molar-refractivity contribution in [3.8, 4) is 5.75 Å². The Morgan fingerprint density at radius 2 is 1.85 bits per heavy atom. The van der Waals surface area contributed by atoms with Gasteiger partial charge >= 0.3 is 6.18 Å². The van der Waals surface area contributed by atoms with E-state index >= 15 is 0 Å². The number of fused-ring (bicyclic) bond motifs is 1. The number of nitrogens with zero attached hydrogens (tertiary/aromatic N) is 2. The van der Waals surface area contributed by atoms with Gasteiger partial charge in [-0.1, -0.05) is 24.3 Å². The van der Waals surface area contributed by atoms with E-state index in [0.717, 1.165) is 17.7 Å². The van der Waals surface area contributed by atoms with E-state index in [1.54, 1.807) is 31.0 Å². The van der Waals surface area contributed by atoms with Crippen LogP contribution in [-0.4, -0.2) is 28.7 Å². The van der Waals surface area contributed by atoms with Crippen LogP contribution < -0.4 is 15.4 Å². The lowest BCUT2D eigenvalue weighted by Gasteiger charge is -2.14. The van der Waals surface area contributed by atoms with E-state index in [2.05, 4.69) is 15.7 Å². The van der Waals surface area contributed by atoms with Gasteiger partial charge in [-0.2, -0.15) is 30.0 Å². The van der Waals surface area contributed by atoms with E-state index in [1.807, 2.05) is 12.1 Å². The maximum atomic E-state index is 13.4. The zero-order valence-electron chi connectivity index (χ0n) is 18.1. The molecular weight excluding hydrogens is 469 g/mol. The molecule has 0 unspecified atom stereocenters. The highest BCUT2D eigenvalue weighted by molar-refractivity contribution is 7.98. The van der Waals surface area contributed by atoms with E-state index in [-0.39, 0.29) is 24.8 Å². The third-order valence-electron chi connectivity index (χ3n) is 5.27. The fourth-order valence-corrected chi connectivity index (χ4v) is 4.59. The molecule has 2 aromatic carbocycles. The first kappa shape index (κ1) is 23.7. The number of benzene rings is 2. The maximum absolute atomic E-state index is 13.4. The largest absolute Gasteiger partial charge is 0.497 e. The lowest BCUT2D eigenvalue weighted by atomic mass is 10.1. The van der Waals surface area contributed by atoms with Crippen LogP contribution in [0.1, 0.15) is 32.7 Å². The monoisotopic (exact) mass is 490 g/mol. The molecule has 7 nitrogen and oxygen atoms in total. The number of methoxy groups -OCH3 is 1. The van der Waals surface area contributed by atoms with Crippen molar-refractivity contribution in [1.29, 1.82) is 0 Å². The molecule has 2 N–H and O–H groups in total. The summed E-state index contributed by atoms with van der Waals surface area (Å²) in [5, 5.41) is 9.76. The van der Waals surface area contributed by atoms with Gasteiger partial charge in [0.1, 0.15) is 18.1 Å². The van der Waals surface area contributed by atoms with Crippen LogP contribution in [0.25, 0.3) is 0 Å². The Morgan fingerprint density at radius 3 is 2.56 bits per heavy atom. The van der Waals surface area contributed by atoms with Crippen molar-refractivity contribution in [2.24, 2.45) is 0 Å². The first-order valence-corrected chi connectivity index (χ1v) is 11.4. The number of carbonyl (C=O) groups is 2. The molecule has 0 spiro atoms. The number of carbonyl (C=O) groups excluding carboxylic acids is 2.